The Hall–Kier alpha value is -5.42. The summed E-state index contributed by atoms with van der Waals surface area (Å²) in [5, 5.41) is 1.53. The van der Waals surface area contributed by atoms with Crippen LogP contribution in [0.5, 0.6) is 0 Å². The minimum Gasteiger partial charge on any atom is -0.297 e. The average Bonchev–Trinajstić information content (AvgIpc) is 2.96. The molecule has 0 aliphatic rings. The van der Waals surface area contributed by atoms with Crippen LogP contribution in [0, 0.1) is 0 Å². The summed E-state index contributed by atoms with van der Waals surface area (Å²) < 4.78 is 0. The number of urea groups is 2. The van der Waals surface area contributed by atoms with E-state index in [1.165, 1.54) is 0 Å². The van der Waals surface area contributed by atoms with Gasteiger partial charge in [-0.2, -0.15) is 0 Å². The lowest BCUT2D eigenvalue weighted by Gasteiger charge is -2.29. The molecule has 0 saturated heterocycles. The standard InChI is InChI=1S/C26H26N8O3/c35-25(29-27-21-13-5-1-6-14-21)33(31-23-17-9-3-10-18-23)37-34(32-24-19-11-4-12-20-24)26(36)30-28-22-15-7-2-8-16-22/h1-20,27-28,31-32H,(H,29,35)(H,30,36). The van der Waals surface area contributed by atoms with Crippen molar-refractivity contribution in [2.45, 2.75) is 0 Å². The summed E-state index contributed by atoms with van der Waals surface area (Å²) in [6.45, 7) is 0. The van der Waals surface area contributed by atoms with Crippen LogP contribution in [0.3, 0.4) is 0 Å². The number of nitrogens with zero attached hydrogens (tertiary/aromatic N) is 2. The zero-order valence-corrected chi connectivity index (χ0v) is 19.7. The third-order valence-electron chi connectivity index (χ3n) is 4.72. The largest absolute Gasteiger partial charge is 0.381 e. The lowest BCUT2D eigenvalue weighted by molar-refractivity contribution is -0.246. The molecule has 11 nitrogen and oxygen atoms in total. The molecule has 4 amide bonds. The number of amides is 4. The molecule has 0 fully saturated rings. The van der Waals surface area contributed by atoms with E-state index in [1.807, 2.05) is 48.5 Å². The Morgan fingerprint density at radius 1 is 0.459 bits per heavy atom. The van der Waals surface area contributed by atoms with Crippen molar-refractivity contribution in [1.29, 1.82) is 0 Å². The Kier molecular flexibility index (Phi) is 8.60. The number of anilines is 4. The lowest BCUT2D eigenvalue weighted by Crippen LogP contribution is -2.54. The average molecular weight is 499 g/mol. The van der Waals surface area contributed by atoms with Gasteiger partial charge in [0.1, 0.15) is 0 Å². The van der Waals surface area contributed by atoms with Crippen molar-refractivity contribution in [3.8, 4) is 0 Å². The molecule has 0 aliphatic carbocycles. The van der Waals surface area contributed by atoms with E-state index in [4.69, 9.17) is 4.94 Å². The minimum atomic E-state index is -0.739. The zero-order valence-electron chi connectivity index (χ0n) is 19.7. The Morgan fingerprint density at radius 2 is 0.757 bits per heavy atom. The topological polar surface area (TPSA) is 122 Å². The Bertz CT molecular complexity index is 1150. The third-order valence-corrected chi connectivity index (χ3v) is 4.72. The Morgan fingerprint density at radius 3 is 1.08 bits per heavy atom. The summed E-state index contributed by atoms with van der Waals surface area (Å²) in [6.07, 6.45) is 0. The van der Waals surface area contributed by atoms with Crippen LogP contribution in [0.2, 0.25) is 0 Å². The van der Waals surface area contributed by atoms with Gasteiger partial charge in [0, 0.05) is 0 Å². The normalized spacial score (nSPS) is 9.95. The van der Waals surface area contributed by atoms with Gasteiger partial charge < -0.3 is 0 Å². The van der Waals surface area contributed by atoms with Gasteiger partial charge >= 0.3 is 12.1 Å². The number of benzene rings is 4. The number of para-hydroxylation sites is 4. The van der Waals surface area contributed by atoms with Gasteiger partial charge in [0.2, 0.25) is 0 Å². The van der Waals surface area contributed by atoms with E-state index in [9.17, 15) is 9.59 Å². The second-order valence-corrected chi connectivity index (χ2v) is 7.47. The van der Waals surface area contributed by atoms with Gasteiger partial charge in [0.25, 0.3) is 0 Å². The molecule has 4 aromatic carbocycles. The van der Waals surface area contributed by atoms with E-state index in [1.54, 1.807) is 72.8 Å². The molecule has 0 heterocycles. The van der Waals surface area contributed by atoms with Crippen molar-refractivity contribution >= 4 is 34.8 Å². The quantitative estimate of drug-likeness (QED) is 0.171. The van der Waals surface area contributed by atoms with Crippen molar-refractivity contribution in [3.05, 3.63) is 121 Å². The highest BCUT2D eigenvalue weighted by atomic mass is 16.9. The highest BCUT2D eigenvalue weighted by Crippen LogP contribution is 2.12. The van der Waals surface area contributed by atoms with E-state index in [0.29, 0.717) is 22.7 Å². The molecule has 0 bridgehead atoms. The molecule has 4 rings (SSSR count). The fraction of sp³-hybridized carbons (Fsp3) is 0. The number of carbonyl (C=O) groups is 2. The molecule has 6 N–H and O–H groups in total. The summed E-state index contributed by atoms with van der Waals surface area (Å²) >= 11 is 0. The maximum absolute atomic E-state index is 13.1. The summed E-state index contributed by atoms with van der Waals surface area (Å²) in [6, 6.07) is 34.4. The van der Waals surface area contributed by atoms with E-state index >= 15 is 0 Å². The zero-order chi connectivity index (χ0) is 25.7. The van der Waals surface area contributed by atoms with Crippen LogP contribution < -0.4 is 32.6 Å². The molecular weight excluding hydrogens is 472 g/mol. The third kappa shape index (κ3) is 7.80. The molecule has 0 aliphatic heterocycles. The summed E-state index contributed by atoms with van der Waals surface area (Å²) in [7, 11) is 0. The van der Waals surface area contributed by atoms with Crippen molar-refractivity contribution in [2.75, 3.05) is 21.7 Å². The molecule has 37 heavy (non-hydrogen) atoms. The van der Waals surface area contributed by atoms with Crippen LogP contribution in [0.1, 0.15) is 0 Å². The van der Waals surface area contributed by atoms with Crippen LogP contribution >= 0.6 is 0 Å². The monoisotopic (exact) mass is 498 g/mol. The molecule has 0 aromatic heterocycles. The Balaban J connectivity index is 1.51. The first-order valence-corrected chi connectivity index (χ1v) is 11.3. The van der Waals surface area contributed by atoms with E-state index in [0.717, 1.165) is 10.3 Å². The fourth-order valence-corrected chi connectivity index (χ4v) is 2.95. The molecule has 0 radical (unpaired) electrons. The predicted octanol–water partition coefficient (Wildman–Crippen LogP) is 4.96. The van der Waals surface area contributed by atoms with Gasteiger partial charge in [-0.3, -0.25) is 21.7 Å². The number of carbonyl (C=O) groups excluding carboxylic acids is 2. The van der Waals surface area contributed by atoms with Crippen molar-refractivity contribution in [1.82, 2.24) is 21.2 Å². The smallest absolute Gasteiger partial charge is 0.297 e. The van der Waals surface area contributed by atoms with Crippen molar-refractivity contribution < 1.29 is 14.5 Å². The van der Waals surface area contributed by atoms with E-state index in [2.05, 4.69) is 32.6 Å². The summed E-state index contributed by atoms with van der Waals surface area (Å²) in [5.41, 5.74) is 18.7. The highest BCUT2D eigenvalue weighted by Gasteiger charge is 2.24. The van der Waals surface area contributed by atoms with Crippen LogP contribution in [0.15, 0.2) is 121 Å². The molecule has 0 spiro atoms. The van der Waals surface area contributed by atoms with Gasteiger partial charge in [-0.25, -0.2) is 20.4 Å². The highest BCUT2D eigenvalue weighted by molar-refractivity contribution is 5.78. The second-order valence-electron chi connectivity index (χ2n) is 7.47. The molecule has 0 saturated carbocycles. The van der Waals surface area contributed by atoms with Crippen molar-refractivity contribution in [3.63, 3.8) is 0 Å². The SMILES string of the molecule is O=C(NNc1ccccc1)N(Nc1ccccc1)ON(Nc1ccccc1)C(=O)NNc1ccccc1. The summed E-state index contributed by atoms with van der Waals surface area (Å²) in [4.78, 5) is 31.8. The Labute approximate surface area is 213 Å². The maximum atomic E-state index is 13.1. The number of hydroxylamine groups is 2. The number of rotatable bonds is 10. The number of hydrogen-bond acceptors (Lipinski definition) is 7. The number of nitrogens with one attached hydrogen (secondary N) is 6. The molecule has 4 aromatic rings. The number of hydrogen-bond donors (Lipinski definition) is 6. The predicted molar refractivity (Wildman–Crippen MR) is 142 cm³/mol. The molecule has 11 heteroatoms. The van der Waals surface area contributed by atoms with Gasteiger partial charge in [0.15, 0.2) is 0 Å². The van der Waals surface area contributed by atoms with E-state index < -0.39 is 12.1 Å². The summed E-state index contributed by atoms with van der Waals surface area (Å²) in [5.74, 6) is 0. The van der Waals surface area contributed by atoms with Crippen LogP contribution in [-0.2, 0) is 4.94 Å². The van der Waals surface area contributed by atoms with E-state index in [-0.39, 0.29) is 0 Å². The fourth-order valence-electron chi connectivity index (χ4n) is 2.95. The van der Waals surface area contributed by atoms with Crippen molar-refractivity contribution in [2.24, 2.45) is 0 Å². The van der Waals surface area contributed by atoms with Crippen LogP contribution in [0.25, 0.3) is 0 Å². The molecule has 0 atom stereocenters. The van der Waals surface area contributed by atoms with Gasteiger partial charge in [-0.1, -0.05) is 83.1 Å². The maximum Gasteiger partial charge on any atom is 0.381 e. The van der Waals surface area contributed by atoms with Crippen LogP contribution in [-0.4, -0.2) is 22.4 Å². The molecule has 188 valence electrons. The lowest BCUT2D eigenvalue weighted by atomic mass is 10.3. The first-order chi connectivity index (χ1) is 18.2. The van der Waals surface area contributed by atoms with Gasteiger partial charge in [-0.15, -0.1) is 4.94 Å². The number of hydrazine groups is 4. The van der Waals surface area contributed by atoms with Gasteiger partial charge in [-0.05, 0) is 48.5 Å². The molecule has 0 unspecified atom stereocenters. The van der Waals surface area contributed by atoms with Crippen LogP contribution in [0.4, 0.5) is 32.3 Å². The first-order valence-electron chi connectivity index (χ1n) is 11.3. The van der Waals surface area contributed by atoms with Gasteiger partial charge in [0.05, 0.1) is 22.7 Å². The second kappa shape index (κ2) is 12.9. The molecular formula is C26H26N8O3. The first kappa shape index (κ1) is 24.7. The minimum absolute atomic E-state index is 0.542.